The topological polar surface area (TPSA) is 56.5 Å². The van der Waals surface area contributed by atoms with Crippen molar-refractivity contribution in [2.75, 3.05) is 20.3 Å². The van der Waals surface area contributed by atoms with Gasteiger partial charge in [0.15, 0.2) is 0 Å². The molecule has 1 aromatic carbocycles. The molecular formula is C13H20N2O2. The highest BCUT2D eigenvalue weighted by Gasteiger charge is 2.28. The maximum Gasteiger partial charge on any atom is 0.123 e. The summed E-state index contributed by atoms with van der Waals surface area (Å²) in [6, 6.07) is 6.25. The second-order valence-electron chi connectivity index (χ2n) is 4.51. The van der Waals surface area contributed by atoms with Crippen LogP contribution in [-0.4, -0.2) is 20.3 Å². The lowest BCUT2D eigenvalue weighted by Gasteiger charge is -2.24. The van der Waals surface area contributed by atoms with Crippen molar-refractivity contribution in [1.82, 2.24) is 5.43 Å². The van der Waals surface area contributed by atoms with Crippen LogP contribution in [0.4, 0.5) is 0 Å². The van der Waals surface area contributed by atoms with Crippen LogP contribution in [0.1, 0.15) is 23.6 Å². The fourth-order valence-corrected chi connectivity index (χ4v) is 2.39. The van der Waals surface area contributed by atoms with Crippen molar-refractivity contribution >= 4 is 0 Å². The molecule has 2 rings (SSSR count). The Morgan fingerprint density at radius 3 is 2.94 bits per heavy atom. The van der Waals surface area contributed by atoms with E-state index in [1.54, 1.807) is 7.11 Å². The van der Waals surface area contributed by atoms with Crippen molar-refractivity contribution in [2.24, 2.45) is 11.8 Å². The highest BCUT2D eigenvalue weighted by Crippen LogP contribution is 2.34. The van der Waals surface area contributed by atoms with E-state index < -0.39 is 0 Å². The first-order chi connectivity index (χ1) is 8.26. The predicted octanol–water partition coefficient (Wildman–Crippen LogP) is 1.54. The first-order valence-electron chi connectivity index (χ1n) is 5.94. The van der Waals surface area contributed by atoms with Gasteiger partial charge in [-0.15, -0.1) is 0 Å². The number of rotatable bonds is 4. The Labute approximate surface area is 102 Å². The molecule has 1 saturated heterocycles. The minimum Gasteiger partial charge on any atom is -0.496 e. The van der Waals surface area contributed by atoms with Crippen LogP contribution >= 0.6 is 0 Å². The Balaban J connectivity index is 2.31. The normalized spacial score (nSPS) is 21.5. The number of ether oxygens (including phenoxy) is 2. The number of nitrogens with one attached hydrogen (secondary N) is 1. The highest BCUT2D eigenvalue weighted by atomic mass is 16.5. The van der Waals surface area contributed by atoms with Crippen LogP contribution in [0.2, 0.25) is 0 Å². The predicted molar refractivity (Wildman–Crippen MR) is 66.7 cm³/mol. The Kier molecular flexibility index (Phi) is 3.99. The van der Waals surface area contributed by atoms with E-state index in [-0.39, 0.29) is 6.04 Å². The summed E-state index contributed by atoms with van der Waals surface area (Å²) in [5.74, 6) is 6.99. The van der Waals surface area contributed by atoms with Gasteiger partial charge in [-0.3, -0.25) is 11.3 Å². The largest absolute Gasteiger partial charge is 0.496 e. The van der Waals surface area contributed by atoms with Gasteiger partial charge in [-0.25, -0.2) is 0 Å². The monoisotopic (exact) mass is 236 g/mol. The number of hydrogen-bond donors (Lipinski definition) is 2. The molecule has 1 fully saturated rings. The summed E-state index contributed by atoms with van der Waals surface area (Å²) in [5, 5.41) is 0. The summed E-state index contributed by atoms with van der Waals surface area (Å²) < 4.78 is 10.8. The quantitative estimate of drug-likeness (QED) is 0.615. The van der Waals surface area contributed by atoms with Gasteiger partial charge < -0.3 is 9.47 Å². The van der Waals surface area contributed by atoms with Gasteiger partial charge in [0, 0.05) is 18.1 Å². The van der Waals surface area contributed by atoms with Crippen molar-refractivity contribution in [3.63, 3.8) is 0 Å². The molecule has 1 heterocycles. The average Bonchev–Trinajstić information content (AvgIpc) is 2.84. The van der Waals surface area contributed by atoms with Crippen LogP contribution in [0.25, 0.3) is 0 Å². The molecule has 0 radical (unpaired) electrons. The Morgan fingerprint density at radius 2 is 2.35 bits per heavy atom. The zero-order valence-electron chi connectivity index (χ0n) is 10.4. The molecule has 2 unspecified atom stereocenters. The van der Waals surface area contributed by atoms with Crippen LogP contribution < -0.4 is 16.0 Å². The van der Waals surface area contributed by atoms with Crippen molar-refractivity contribution in [2.45, 2.75) is 19.4 Å². The van der Waals surface area contributed by atoms with E-state index in [9.17, 15) is 0 Å². The van der Waals surface area contributed by atoms with E-state index in [1.165, 1.54) is 5.56 Å². The molecule has 1 aromatic rings. The molecule has 2 atom stereocenters. The first kappa shape index (κ1) is 12.4. The van der Waals surface area contributed by atoms with Gasteiger partial charge in [0.05, 0.1) is 19.8 Å². The lowest BCUT2D eigenvalue weighted by molar-refractivity contribution is 0.176. The summed E-state index contributed by atoms with van der Waals surface area (Å²) in [7, 11) is 1.69. The number of hydrogen-bond acceptors (Lipinski definition) is 4. The molecule has 4 nitrogen and oxygen atoms in total. The maximum atomic E-state index is 5.70. The van der Waals surface area contributed by atoms with Crippen LogP contribution in [0.5, 0.6) is 5.75 Å². The lowest BCUT2D eigenvalue weighted by atomic mass is 9.91. The van der Waals surface area contributed by atoms with E-state index in [0.717, 1.165) is 30.9 Å². The van der Waals surface area contributed by atoms with Crippen LogP contribution in [0, 0.1) is 12.8 Å². The molecule has 0 aromatic heterocycles. The van der Waals surface area contributed by atoms with Gasteiger partial charge >= 0.3 is 0 Å². The lowest BCUT2D eigenvalue weighted by Crippen LogP contribution is -2.34. The van der Waals surface area contributed by atoms with Crippen LogP contribution in [-0.2, 0) is 4.74 Å². The number of nitrogens with two attached hydrogens (primary N) is 1. The molecule has 4 heteroatoms. The number of methoxy groups -OCH3 is 1. The minimum absolute atomic E-state index is 0.0901. The van der Waals surface area contributed by atoms with Gasteiger partial charge in [-0.05, 0) is 19.4 Å². The maximum absolute atomic E-state index is 5.70. The second-order valence-corrected chi connectivity index (χ2v) is 4.51. The molecule has 94 valence electrons. The number of benzene rings is 1. The highest BCUT2D eigenvalue weighted by molar-refractivity contribution is 5.39. The second kappa shape index (κ2) is 5.49. The zero-order chi connectivity index (χ0) is 12.3. The minimum atomic E-state index is 0.0901. The molecule has 17 heavy (non-hydrogen) atoms. The summed E-state index contributed by atoms with van der Waals surface area (Å²) in [6.07, 6.45) is 1.03. The molecule has 0 saturated carbocycles. The van der Waals surface area contributed by atoms with E-state index >= 15 is 0 Å². The molecule has 0 amide bonds. The standard InChI is InChI=1S/C13H20N2O2/c1-9-3-4-12(16-2)11(7-9)13(15-14)10-5-6-17-8-10/h3-4,7,10,13,15H,5-6,8,14H2,1-2H3. The molecule has 0 aliphatic carbocycles. The van der Waals surface area contributed by atoms with E-state index in [2.05, 4.69) is 18.4 Å². The Morgan fingerprint density at radius 1 is 1.53 bits per heavy atom. The SMILES string of the molecule is COc1ccc(C)cc1C(NN)C1CCOC1. The van der Waals surface area contributed by atoms with Crippen molar-refractivity contribution in [1.29, 1.82) is 0 Å². The molecular weight excluding hydrogens is 216 g/mol. The van der Waals surface area contributed by atoms with Gasteiger partial charge in [-0.1, -0.05) is 17.7 Å². The summed E-state index contributed by atoms with van der Waals surface area (Å²) in [4.78, 5) is 0. The number of hydrazine groups is 1. The van der Waals surface area contributed by atoms with E-state index in [4.69, 9.17) is 15.3 Å². The van der Waals surface area contributed by atoms with Crippen molar-refractivity contribution < 1.29 is 9.47 Å². The van der Waals surface area contributed by atoms with Gasteiger partial charge in [0.1, 0.15) is 5.75 Å². The molecule has 0 bridgehead atoms. The van der Waals surface area contributed by atoms with Crippen molar-refractivity contribution in [3.05, 3.63) is 29.3 Å². The Bertz CT molecular complexity index is 376. The average molecular weight is 236 g/mol. The molecule has 1 aliphatic rings. The van der Waals surface area contributed by atoms with E-state index in [0.29, 0.717) is 5.92 Å². The molecule has 1 aliphatic heterocycles. The number of aryl methyl sites for hydroxylation is 1. The van der Waals surface area contributed by atoms with Gasteiger partial charge in [-0.2, -0.15) is 0 Å². The fourth-order valence-electron chi connectivity index (χ4n) is 2.39. The summed E-state index contributed by atoms with van der Waals surface area (Å²) in [6.45, 7) is 3.64. The third-order valence-corrected chi connectivity index (χ3v) is 3.34. The van der Waals surface area contributed by atoms with Crippen LogP contribution in [0.15, 0.2) is 18.2 Å². The smallest absolute Gasteiger partial charge is 0.123 e. The summed E-state index contributed by atoms with van der Waals surface area (Å²) in [5.41, 5.74) is 5.23. The zero-order valence-corrected chi connectivity index (χ0v) is 10.4. The molecule has 3 N–H and O–H groups in total. The van der Waals surface area contributed by atoms with Gasteiger partial charge in [0.2, 0.25) is 0 Å². The summed E-state index contributed by atoms with van der Waals surface area (Å²) >= 11 is 0. The van der Waals surface area contributed by atoms with E-state index in [1.807, 2.05) is 12.1 Å². The Hall–Kier alpha value is -1.10. The van der Waals surface area contributed by atoms with Crippen molar-refractivity contribution in [3.8, 4) is 5.75 Å². The fraction of sp³-hybridized carbons (Fsp3) is 0.538. The third kappa shape index (κ3) is 2.60. The van der Waals surface area contributed by atoms with Crippen LogP contribution in [0.3, 0.4) is 0 Å². The molecule has 0 spiro atoms. The third-order valence-electron chi connectivity index (χ3n) is 3.34. The first-order valence-corrected chi connectivity index (χ1v) is 5.94. The van der Waals surface area contributed by atoms with Gasteiger partial charge in [0.25, 0.3) is 0 Å².